The van der Waals surface area contributed by atoms with Crippen LogP contribution in [-0.2, 0) is 4.79 Å². The van der Waals surface area contributed by atoms with Gasteiger partial charge in [-0.2, -0.15) is 0 Å². The Labute approximate surface area is 71.0 Å². The summed E-state index contributed by atoms with van der Waals surface area (Å²) in [5, 5.41) is 0. The van der Waals surface area contributed by atoms with E-state index in [0.717, 1.165) is 0 Å². The smallest absolute Gasteiger partial charge is 0.157 e. The van der Waals surface area contributed by atoms with Crippen LogP contribution in [0.3, 0.4) is 0 Å². The molecule has 0 radical (unpaired) electrons. The Morgan fingerprint density at radius 3 is 1.55 bits per heavy atom. The summed E-state index contributed by atoms with van der Waals surface area (Å²) >= 11 is 0. The molecule has 0 spiro atoms. The summed E-state index contributed by atoms with van der Waals surface area (Å²) in [5.41, 5.74) is 6.56. The fourth-order valence-corrected chi connectivity index (χ4v) is 0.278. The van der Waals surface area contributed by atoms with Gasteiger partial charge in [0.2, 0.25) is 0 Å². The molecule has 0 atom stereocenters. The van der Waals surface area contributed by atoms with Gasteiger partial charge in [0.1, 0.15) is 0 Å². The first-order valence-electron chi connectivity index (χ1n) is 3.91. The fraction of sp³-hybridized carbons (Fsp3) is 0.667. The molecule has 0 aliphatic heterocycles. The molecule has 0 fully saturated rings. The molecule has 2 nitrogen and oxygen atoms in total. The Morgan fingerprint density at radius 2 is 1.55 bits per heavy atom. The highest BCUT2D eigenvalue weighted by Gasteiger charge is 1.96. The van der Waals surface area contributed by atoms with Crippen LogP contribution >= 0.6 is 0 Å². The summed E-state index contributed by atoms with van der Waals surface area (Å²) in [6.07, 6.45) is 1.25. The number of hydrogen-bond donors (Lipinski definition) is 1. The molecule has 0 saturated carbocycles. The average Bonchev–Trinajstić information content (AvgIpc) is 1.87. The van der Waals surface area contributed by atoms with Crippen molar-refractivity contribution in [3.05, 3.63) is 11.3 Å². The molecule has 0 aliphatic carbocycles. The third-order valence-electron chi connectivity index (χ3n) is 1.12. The van der Waals surface area contributed by atoms with Crippen molar-refractivity contribution >= 4 is 5.78 Å². The van der Waals surface area contributed by atoms with Gasteiger partial charge in [-0.05, 0) is 20.8 Å². The van der Waals surface area contributed by atoms with Crippen molar-refractivity contribution in [3.8, 4) is 0 Å². The lowest BCUT2D eigenvalue weighted by Crippen LogP contribution is -2.01. The number of hydrogen-bond acceptors (Lipinski definition) is 2. The second-order valence-corrected chi connectivity index (χ2v) is 2.57. The van der Waals surface area contributed by atoms with Gasteiger partial charge in [-0.25, -0.2) is 0 Å². The van der Waals surface area contributed by atoms with Crippen LogP contribution in [0.25, 0.3) is 0 Å². The van der Waals surface area contributed by atoms with E-state index >= 15 is 0 Å². The molecule has 68 valence electrons. The summed E-state index contributed by atoms with van der Waals surface area (Å²) in [6.45, 7) is 9.19. The van der Waals surface area contributed by atoms with Gasteiger partial charge in [-0.15, -0.1) is 0 Å². The second-order valence-electron chi connectivity index (χ2n) is 2.57. The quantitative estimate of drug-likeness (QED) is 0.597. The van der Waals surface area contributed by atoms with E-state index in [0.29, 0.717) is 11.3 Å². The van der Waals surface area contributed by atoms with Crippen LogP contribution < -0.4 is 5.73 Å². The van der Waals surface area contributed by atoms with Gasteiger partial charge in [0, 0.05) is 12.7 Å². The Kier molecular flexibility index (Phi) is 8.55. The van der Waals surface area contributed by atoms with Crippen LogP contribution in [0.1, 0.15) is 42.5 Å². The maximum Gasteiger partial charge on any atom is 0.157 e. The molecule has 2 N–H and O–H groups in total. The lowest BCUT2D eigenvalue weighted by Gasteiger charge is -1.94. The SMILES string of the molecule is CC(=O)/C(C)=C(/C)N.CCC.[HH]. The number of rotatable bonds is 1. The number of carbonyl (C=O) groups is 1. The van der Waals surface area contributed by atoms with Crippen LogP contribution in [-0.4, -0.2) is 5.78 Å². The standard InChI is InChI=1S/C6H11NO.C3H8.H2/c1-4(5(2)7)6(3)8;1-3-2;/h7H2,1-3H3;3H2,1-2H3;1H/b5-4-;;. The molecule has 0 heterocycles. The minimum Gasteiger partial charge on any atom is -0.402 e. The van der Waals surface area contributed by atoms with E-state index in [-0.39, 0.29) is 7.21 Å². The van der Waals surface area contributed by atoms with Crippen molar-refractivity contribution in [2.45, 2.75) is 41.0 Å². The lowest BCUT2D eigenvalue weighted by molar-refractivity contribution is -0.113. The topological polar surface area (TPSA) is 43.1 Å². The van der Waals surface area contributed by atoms with Crippen molar-refractivity contribution in [3.63, 3.8) is 0 Å². The summed E-state index contributed by atoms with van der Waals surface area (Å²) in [5.74, 6) is 0.0463. The van der Waals surface area contributed by atoms with Gasteiger partial charge in [0.05, 0.1) is 0 Å². The van der Waals surface area contributed by atoms with Crippen molar-refractivity contribution in [1.82, 2.24) is 0 Å². The minimum absolute atomic E-state index is 0. The van der Waals surface area contributed by atoms with E-state index in [1.54, 1.807) is 13.8 Å². The van der Waals surface area contributed by atoms with E-state index in [9.17, 15) is 4.79 Å². The predicted octanol–water partition coefficient (Wildman–Crippen LogP) is 2.49. The monoisotopic (exact) mass is 159 g/mol. The van der Waals surface area contributed by atoms with Gasteiger partial charge in [0.15, 0.2) is 5.78 Å². The molecular formula is C9H21NO. The molecule has 0 rings (SSSR count). The zero-order valence-corrected chi connectivity index (χ0v) is 8.19. The van der Waals surface area contributed by atoms with E-state index in [1.807, 2.05) is 0 Å². The first-order chi connectivity index (χ1) is 4.97. The summed E-state index contributed by atoms with van der Waals surface area (Å²) in [4.78, 5) is 10.4. The summed E-state index contributed by atoms with van der Waals surface area (Å²) in [7, 11) is 0. The first-order valence-corrected chi connectivity index (χ1v) is 3.91. The normalized spacial score (nSPS) is 11.0. The second kappa shape index (κ2) is 7.32. The number of nitrogens with two attached hydrogens (primary N) is 1. The Morgan fingerprint density at radius 1 is 1.27 bits per heavy atom. The molecule has 11 heavy (non-hydrogen) atoms. The van der Waals surface area contributed by atoms with Gasteiger partial charge in [-0.1, -0.05) is 20.3 Å². The molecule has 0 bridgehead atoms. The Hall–Kier alpha value is -0.790. The Balaban J connectivity index is -0.000000177. The van der Waals surface area contributed by atoms with Gasteiger partial charge in [-0.3, -0.25) is 4.79 Å². The van der Waals surface area contributed by atoms with Gasteiger partial charge in [0.25, 0.3) is 0 Å². The molecule has 0 unspecified atom stereocenters. The fourth-order valence-electron chi connectivity index (χ4n) is 0.278. The van der Waals surface area contributed by atoms with Crippen LogP contribution in [0, 0.1) is 0 Å². The molecular weight excluding hydrogens is 138 g/mol. The molecule has 0 aliphatic rings. The average molecular weight is 159 g/mol. The first kappa shape index (κ1) is 12.8. The molecule has 2 heteroatoms. The third kappa shape index (κ3) is 9.21. The van der Waals surface area contributed by atoms with Crippen LogP contribution in [0.15, 0.2) is 11.3 Å². The van der Waals surface area contributed by atoms with Crippen LogP contribution in [0.5, 0.6) is 0 Å². The van der Waals surface area contributed by atoms with Crippen molar-refractivity contribution in [2.75, 3.05) is 0 Å². The van der Waals surface area contributed by atoms with E-state index in [4.69, 9.17) is 5.73 Å². The molecule has 0 saturated heterocycles. The Bertz CT molecular complexity index is 149. The molecule has 0 aromatic rings. The number of ketones is 1. The van der Waals surface area contributed by atoms with Crippen molar-refractivity contribution in [1.29, 1.82) is 0 Å². The van der Waals surface area contributed by atoms with Crippen LogP contribution in [0.4, 0.5) is 0 Å². The third-order valence-corrected chi connectivity index (χ3v) is 1.12. The van der Waals surface area contributed by atoms with Crippen LogP contribution in [0.2, 0.25) is 0 Å². The number of Topliss-reactive ketones (excluding diaryl/α,β-unsaturated/α-hetero) is 1. The lowest BCUT2D eigenvalue weighted by atomic mass is 10.2. The highest BCUT2D eigenvalue weighted by molar-refractivity contribution is 5.93. The molecule has 0 aromatic carbocycles. The van der Waals surface area contributed by atoms with E-state index in [2.05, 4.69) is 13.8 Å². The summed E-state index contributed by atoms with van der Waals surface area (Å²) < 4.78 is 0. The maximum atomic E-state index is 10.4. The molecule has 0 amide bonds. The zero-order chi connectivity index (χ0) is 9.44. The number of carbonyl (C=O) groups excluding carboxylic acids is 1. The summed E-state index contributed by atoms with van der Waals surface area (Å²) in [6, 6.07) is 0. The highest BCUT2D eigenvalue weighted by Crippen LogP contribution is 1.96. The molecule has 0 aromatic heterocycles. The van der Waals surface area contributed by atoms with E-state index < -0.39 is 0 Å². The minimum atomic E-state index is 0. The van der Waals surface area contributed by atoms with Crippen molar-refractivity contribution < 1.29 is 6.22 Å². The largest absolute Gasteiger partial charge is 0.402 e. The number of allylic oxidation sites excluding steroid dienone is 2. The predicted molar refractivity (Wildman–Crippen MR) is 51.3 cm³/mol. The highest BCUT2D eigenvalue weighted by atomic mass is 16.1. The zero-order valence-electron chi connectivity index (χ0n) is 8.19. The van der Waals surface area contributed by atoms with Gasteiger partial charge >= 0.3 is 0 Å². The van der Waals surface area contributed by atoms with Crippen molar-refractivity contribution in [2.24, 2.45) is 5.73 Å². The van der Waals surface area contributed by atoms with E-state index in [1.165, 1.54) is 13.3 Å². The maximum absolute atomic E-state index is 10.4. The van der Waals surface area contributed by atoms with Gasteiger partial charge < -0.3 is 5.73 Å².